The predicted molar refractivity (Wildman–Crippen MR) is 110 cm³/mol. The average molecular weight is 446 g/mol. The smallest absolute Gasteiger partial charge is 0.411 e. The summed E-state index contributed by atoms with van der Waals surface area (Å²) < 4.78 is 3.35. The van der Waals surface area contributed by atoms with E-state index in [0.29, 0.717) is 0 Å². The van der Waals surface area contributed by atoms with Crippen LogP contribution in [-0.4, -0.2) is 35.0 Å². The first-order chi connectivity index (χ1) is 12.8. The second-order valence-electron chi connectivity index (χ2n) is 6.72. The Hall–Kier alpha value is -2.45. The van der Waals surface area contributed by atoms with Gasteiger partial charge in [0, 0.05) is 31.7 Å². The molecule has 1 unspecified atom stereocenters. The number of aliphatic imine (C=N–C) groups is 1. The van der Waals surface area contributed by atoms with Gasteiger partial charge in [0.2, 0.25) is 11.9 Å². The molecule has 0 saturated carbocycles. The highest BCUT2D eigenvalue weighted by atomic mass is 79.9. The molecule has 4 rings (SSSR count). The maximum Gasteiger partial charge on any atom is 0.411 e. The molecule has 2 aromatic carbocycles. The molecule has 0 saturated heterocycles. The van der Waals surface area contributed by atoms with Crippen LogP contribution in [0.4, 0.5) is 4.79 Å². The molecule has 0 spiro atoms. The van der Waals surface area contributed by atoms with Crippen molar-refractivity contribution in [1.29, 1.82) is 0 Å². The number of halogens is 1. The molecule has 0 radical (unpaired) electrons. The van der Waals surface area contributed by atoms with Crippen molar-refractivity contribution >= 4 is 65.4 Å². The molecule has 3 aromatic rings. The number of hydrogen-bond acceptors (Lipinski definition) is 4. The van der Waals surface area contributed by atoms with Gasteiger partial charge in [0.05, 0.1) is 12.0 Å². The Morgan fingerprint density at radius 1 is 1.26 bits per heavy atom. The molecular weight excluding hydrogens is 430 g/mol. The molecule has 1 atom stereocenters. The molecule has 27 heavy (non-hydrogen) atoms. The number of fused-ring (bicyclic) bond motifs is 3. The summed E-state index contributed by atoms with van der Waals surface area (Å²) in [6.45, 7) is 1.85. The highest BCUT2D eigenvalue weighted by Crippen LogP contribution is 2.40. The highest BCUT2D eigenvalue weighted by molar-refractivity contribution is 9.10. The minimum Gasteiger partial charge on any atom is -0.465 e. The lowest BCUT2D eigenvalue weighted by molar-refractivity contribution is -0.128. The zero-order chi connectivity index (χ0) is 19.3. The molecule has 1 aliphatic heterocycles. The molecule has 0 aliphatic carbocycles. The Bertz CT molecular complexity index is 1140. The van der Waals surface area contributed by atoms with E-state index < -0.39 is 11.6 Å². The fourth-order valence-electron chi connectivity index (χ4n) is 3.34. The standard InChI is InChI=1S/C19H16BrN3O3S/c1-19(9-16(24)23(2)17(22-19)21-18(25)26)10-3-5-14-12(7-10)13-8-11(20)4-6-15(13)27-14/h3-8H,9H2,1-2H3,(H,21,22)(H,25,26). The summed E-state index contributed by atoms with van der Waals surface area (Å²) >= 11 is 5.24. The van der Waals surface area contributed by atoms with Crippen molar-refractivity contribution in [1.82, 2.24) is 10.2 Å². The van der Waals surface area contributed by atoms with E-state index >= 15 is 0 Å². The van der Waals surface area contributed by atoms with Gasteiger partial charge in [-0.05, 0) is 42.8 Å². The molecule has 2 amide bonds. The van der Waals surface area contributed by atoms with Gasteiger partial charge >= 0.3 is 6.09 Å². The second kappa shape index (κ2) is 6.31. The summed E-state index contributed by atoms with van der Waals surface area (Å²) in [5, 5.41) is 13.5. The van der Waals surface area contributed by atoms with Crippen molar-refractivity contribution in [2.45, 2.75) is 18.9 Å². The van der Waals surface area contributed by atoms with Gasteiger partial charge in [-0.2, -0.15) is 0 Å². The molecular formula is C19H16BrN3O3S. The van der Waals surface area contributed by atoms with Crippen LogP contribution in [0.15, 0.2) is 45.9 Å². The number of hydrogen-bond donors (Lipinski definition) is 2. The van der Waals surface area contributed by atoms with E-state index in [1.54, 1.807) is 11.3 Å². The van der Waals surface area contributed by atoms with Gasteiger partial charge in [0.25, 0.3) is 0 Å². The van der Waals surface area contributed by atoms with Crippen LogP contribution in [-0.2, 0) is 10.3 Å². The molecule has 2 heterocycles. The summed E-state index contributed by atoms with van der Waals surface area (Å²) in [5.41, 5.74) is 0.0383. The first kappa shape index (κ1) is 17.9. The number of rotatable bonds is 1. The van der Waals surface area contributed by atoms with E-state index in [4.69, 9.17) is 5.11 Å². The summed E-state index contributed by atoms with van der Waals surface area (Å²) in [6.07, 6.45) is -1.08. The third kappa shape index (κ3) is 3.08. The minimum atomic E-state index is -1.25. The van der Waals surface area contributed by atoms with Crippen LogP contribution in [0.2, 0.25) is 0 Å². The van der Waals surface area contributed by atoms with Gasteiger partial charge in [-0.1, -0.05) is 22.0 Å². The average Bonchev–Trinajstić information content (AvgIpc) is 2.96. The van der Waals surface area contributed by atoms with Gasteiger partial charge < -0.3 is 5.11 Å². The van der Waals surface area contributed by atoms with Gasteiger partial charge in [-0.25, -0.2) is 9.79 Å². The van der Waals surface area contributed by atoms with Crippen LogP contribution in [0.1, 0.15) is 18.9 Å². The molecule has 1 aromatic heterocycles. The number of amides is 2. The number of thiophene rings is 1. The monoisotopic (exact) mass is 445 g/mol. The van der Waals surface area contributed by atoms with E-state index in [-0.39, 0.29) is 18.3 Å². The van der Waals surface area contributed by atoms with Crippen molar-refractivity contribution in [3.63, 3.8) is 0 Å². The topological polar surface area (TPSA) is 82.0 Å². The Kier molecular flexibility index (Phi) is 4.20. The summed E-state index contributed by atoms with van der Waals surface area (Å²) in [6, 6.07) is 12.2. The van der Waals surface area contributed by atoms with E-state index in [0.717, 1.165) is 25.5 Å². The molecule has 2 N–H and O–H groups in total. The Labute approximate surface area is 167 Å². The Morgan fingerprint density at radius 3 is 2.63 bits per heavy atom. The van der Waals surface area contributed by atoms with Crippen LogP contribution in [0.25, 0.3) is 20.2 Å². The lowest BCUT2D eigenvalue weighted by atomic mass is 9.87. The van der Waals surface area contributed by atoms with E-state index in [1.165, 1.54) is 16.6 Å². The lowest BCUT2D eigenvalue weighted by Gasteiger charge is -2.34. The summed E-state index contributed by atoms with van der Waals surface area (Å²) in [7, 11) is 1.52. The second-order valence-corrected chi connectivity index (χ2v) is 8.72. The third-order valence-electron chi connectivity index (χ3n) is 4.81. The molecule has 1 aliphatic rings. The lowest BCUT2D eigenvalue weighted by Crippen LogP contribution is -2.51. The molecule has 0 fully saturated rings. The van der Waals surface area contributed by atoms with Crippen LogP contribution in [0.3, 0.4) is 0 Å². The predicted octanol–water partition coefficient (Wildman–Crippen LogP) is 4.52. The van der Waals surface area contributed by atoms with E-state index in [9.17, 15) is 9.59 Å². The normalized spacial score (nSPS) is 20.2. The van der Waals surface area contributed by atoms with Crippen LogP contribution in [0.5, 0.6) is 0 Å². The number of carboxylic acid groups (broad SMARTS) is 1. The largest absolute Gasteiger partial charge is 0.465 e. The Balaban J connectivity index is 1.88. The van der Waals surface area contributed by atoms with Crippen molar-refractivity contribution in [2.75, 3.05) is 7.05 Å². The van der Waals surface area contributed by atoms with Crippen LogP contribution in [0, 0.1) is 0 Å². The van der Waals surface area contributed by atoms with Gasteiger partial charge in [0.1, 0.15) is 0 Å². The Morgan fingerprint density at radius 2 is 1.93 bits per heavy atom. The number of benzene rings is 2. The number of carbonyl (C=O) groups excluding carboxylic acids is 1. The fraction of sp³-hybridized carbons (Fsp3) is 0.211. The van der Waals surface area contributed by atoms with Crippen LogP contribution >= 0.6 is 27.3 Å². The maximum atomic E-state index is 12.5. The number of guanidine groups is 1. The number of nitrogens with zero attached hydrogens (tertiary/aromatic N) is 2. The van der Waals surface area contributed by atoms with Crippen molar-refractivity contribution < 1.29 is 14.7 Å². The van der Waals surface area contributed by atoms with E-state index in [1.807, 2.05) is 25.1 Å². The fourth-order valence-corrected chi connectivity index (χ4v) is 4.77. The number of nitrogens with one attached hydrogen (secondary N) is 1. The van der Waals surface area contributed by atoms with Crippen molar-refractivity contribution in [3.8, 4) is 0 Å². The molecule has 0 bridgehead atoms. The first-order valence-electron chi connectivity index (χ1n) is 8.25. The quantitative estimate of drug-likeness (QED) is 0.577. The van der Waals surface area contributed by atoms with Gasteiger partial charge in [-0.3, -0.25) is 15.0 Å². The third-order valence-corrected chi connectivity index (χ3v) is 6.46. The molecule has 138 valence electrons. The highest BCUT2D eigenvalue weighted by Gasteiger charge is 2.37. The first-order valence-corrected chi connectivity index (χ1v) is 9.86. The van der Waals surface area contributed by atoms with Crippen LogP contribution < -0.4 is 5.32 Å². The maximum absolute atomic E-state index is 12.5. The SMILES string of the molecule is CN1C(=O)CC(C)(c2ccc3sc4ccc(Br)cc4c3c2)N=C1NC(=O)O. The summed E-state index contributed by atoms with van der Waals surface area (Å²) in [4.78, 5) is 29.3. The minimum absolute atomic E-state index is 0.0410. The zero-order valence-corrected chi connectivity index (χ0v) is 17.0. The van der Waals surface area contributed by atoms with Crippen molar-refractivity contribution in [3.05, 3.63) is 46.4 Å². The van der Waals surface area contributed by atoms with E-state index in [2.05, 4.69) is 44.4 Å². The summed E-state index contributed by atoms with van der Waals surface area (Å²) in [5.74, 6) is -0.145. The van der Waals surface area contributed by atoms with Crippen molar-refractivity contribution in [2.24, 2.45) is 4.99 Å². The number of carbonyl (C=O) groups is 2. The van der Waals surface area contributed by atoms with Gasteiger partial charge in [0.15, 0.2) is 0 Å². The zero-order valence-electron chi connectivity index (χ0n) is 14.6. The molecule has 6 nitrogen and oxygen atoms in total. The molecule has 8 heteroatoms. The van der Waals surface area contributed by atoms with Gasteiger partial charge in [-0.15, -0.1) is 11.3 Å².